The zero-order chi connectivity index (χ0) is 13.6. The maximum Gasteiger partial charge on any atom is 0.242 e. The van der Waals surface area contributed by atoms with Gasteiger partial charge in [0.05, 0.1) is 11.5 Å². The van der Waals surface area contributed by atoms with E-state index in [9.17, 15) is 8.42 Å². The van der Waals surface area contributed by atoms with Crippen LogP contribution >= 0.6 is 0 Å². The fourth-order valence-corrected chi connectivity index (χ4v) is 2.66. The van der Waals surface area contributed by atoms with Crippen molar-refractivity contribution < 1.29 is 13.2 Å². The molecule has 0 aliphatic heterocycles. The molecule has 1 aromatic heterocycles. The second kappa shape index (κ2) is 6.89. The van der Waals surface area contributed by atoms with Crippen molar-refractivity contribution in [1.82, 2.24) is 14.6 Å². The molecule has 0 amide bonds. The number of nitrogens with zero attached hydrogens (tertiary/aromatic N) is 1. The van der Waals surface area contributed by atoms with Crippen LogP contribution in [0.1, 0.15) is 12.6 Å². The maximum atomic E-state index is 12.0. The van der Waals surface area contributed by atoms with Crippen LogP contribution in [-0.2, 0) is 28.4 Å². The molecule has 2 N–H and O–H groups in total. The molecule has 1 rings (SSSR count). The first kappa shape index (κ1) is 15.2. The summed E-state index contributed by atoms with van der Waals surface area (Å²) in [7, 11) is 0.207. The quantitative estimate of drug-likeness (QED) is 0.658. The van der Waals surface area contributed by atoms with E-state index < -0.39 is 10.0 Å². The Bertz CT molecular complexity index is 468. The second-order valence-corrected chi connectivity index (χ2v) is 5.67. The summed E-state index contributed by atoms with van der Waals surface area (Å²) in [4.78, 5) is 0.284. The minimum absolute atomic E-state index is 0.284. The van der Waals surface area contributed by atoms with Crippen molar-refractivity contribution in [3.63, 3.8) is 0 Å². The average molecular weight is 275 g/mol. The van der Waals surface area contributed by atoms with E-state index in [1.54, 1.807) is 16.8 Å². The fourth-order valence-electron chi connectivity index (χ4n) is 1.56. The Morgan fingerprint density at radius 1 is 1.44 bits per heavy atom. The predicted molar refractivity (Wildman–Crippen MR) is 69.9 cm³/mol. The zero-order valence-corrected chi connectivity index (χ0v) is 11.9. The number of ether oxygens (including phenoxy) is 1. The summed E-state index contributed by atoms with van der Waals surface area (Å²) in [6.45, 7) is 3.75. The second-order valence-electron chi connectivity index (χ2n) is 3.90. The normalized spacial score (nSPS) is 11.9. The SMILES string of the molecule is CCOCCNS(=O)(=O)c1cc(CNC)n(C)c1. The molecule has 104 valence electrons. The summed E-state index contributed by atoms with van der Waals surface area (Å²) in [5.41, 5.74) is 0.919. The van der Waals surface area contributed by atoms with Crippen LogP contribution in [0.25, 0.3) is 0 Å². The topological polar surface area (TPSA) is 72.4 Å². The van der Waals surface area contributed by atoms with E-state index in [0.29, 0.717) is 19.8 Å². The van der Waals surface area contributed by atoms with Crippen molar-refractivity contribution >= 4 is 10.0 Å². The van der Waals surface area contributed by atoms with Gasteiger partial charge in [0.25, 0.3) is 0 Å². The smallest absolute Gasteiger partial charge is 0.242 e. The minimum Gasteiger partial charge on any atom is -0.380 e. The molecule has 1 heterocycles. The van der Waals surface area contributed by atoms with Crippen LogP contribution in [0.2, 0.25) is 0 Å². The predicted octanol–water partition coefficient (Wildman–Crippen LogP) is 0.0593. The average Bonchev–Trinajstić information content (AvgIpc) is 2.68. The molecule has 1 aromatic rings. The Morgan fingerprint density at radius 2 is 2.17 bits per heavy atom. The van der Waals surface area contributed by atoms with Crippen molar-refractivity contribution in [1.29, 1.82) is 0 Å². The van der Waals surface area contributed by atoms with Crippen LogP contribution in [0, 0.1) is 0 Å². The van der Waals surface area contributed by atoms with Crippen LogP contribution in [-0.4, -0.2) is 39.8 Å². The Kier molecular flexibility index (Phi) is 5.80. The lowest BCUT2D eigenvalue weighted by molar-refractivity contribution is 0.153. The first-order valence-corrected chi connectivity index (χ1v) is 7.36. The number of sulfonamides is 1. The monoisotopic (exact) mass is 275 g/mol. The highest BCUT2D eigenvalue weighted by molar-refractivity contribution is 7.89. The van der Waals surface area contributed by atoms with Gasteiger partial charge >= 0.3 is 0 Å². The molecule has 0 fully saturated rings. The van der Waals surface area contributed by atoms with Gasteiger partial charge in [0.1, 0.15) is 0 Å². The standard InChI is InChI=1S/C11H21N3O3S/c1-4-17-6-5-13-18(15,16)11-7-10(8-12-2)14(3)9-11/h7,9,12-13H,4-6,8H2,1-3H3. The number of rotatable bonds is 8. The van der Waals surface area contributed by atoms with Gasteiger partial charge in [0.15, 0.2) is 0 Å². The maximum absolute atomic E-state index is 12.0. The third-order valence-corrected chi connectivity index (χ3v) is 3.92. The molecular formula is C11H21N3O3S. The van der Waals surface area contributed by atoms with Crippen molar-refractivity contribution in [2.45, 2.75) is 18.4 Å². The molecule has 0 saturated carbocycles. The molecule has 0 bridgehead atoms. The summed E-state index contributed by atoms with van der Waals surface area (Å²) in [5.74, 6) is 0. The molecule has 18 heavy (non-hydrogen) atoms. The summed E-state index contributed by atoms with van der Waals surface area (Å²) in [6, 6.07) is 1.67. The molecule has 0 radical (unpaired) electrons. The highest BCUT2D eigenvalue weighted by Crippen LogP contribution is 2.12. The Balaban J connectivity index is 2.69. The van der Waals surface area contributed by atoms with Crippen LogP contribution < -0.4 is 10.0 Å². The van der Waals surface area contributed by atoms with E-state index in [0.717, 1.165) is 5.69 Å². The first-order chi connectivity index (χ1) is 8.51. The molecule has 6 nitrogen and oxygen atoms in total. The van der Waals surface area contributed by atoms with E-state index in [-0.39, 0.29) is 11.4 Å². The third-order valence-electron chi connectivity index (χ3n) is 2.49. The van der Waals surface area contributed by atoms with E-state index in [1.165, 1.54) is 0 Å². The van der Waals surface area contributed by atoms with Crippen LogP contribution in [0.5, 0.6) is 0 Å². The van der Waals surface area contributed by atoms with E-state index >= 15 is 0 Å². The van der Waals surface area contributed by atoms with Gasteiger partial charge in [-0.2, -0.15) is 0 Å². The van der Waals surface area contributed by atoms with Crippen molar-refractivity contribution in [2.75, 3.05) is 26.8 Å². The molecule has 0 saturated heterocycles. The number of aromatic nitrogens is 1. The Morgan fingerprint density at radius 3 is 2.78 bits per heavy atom. The van der Waals surface area contributed by atoms with Gasteiger partial charge in [-0.3, -0.25) is 0 Å². The van der Waals surface area contributed by atoms with E-state index in [4.69, 9.17) is 4.74 Å². The Labute approximate surface area is 108 Å². The number of hydrogen-bond acceptors (Lipinski definition) is 4. The molecule has 0 unspecified atom stereocenters. The first-order valence-electron chi connectivity index (χ1n) is 5.88. The molecule has 0 atom stereocenters. The number of aryl methyl sites for hydroxylation is 1. The van der Waals surface area contributed by atoms with Crippen molar-refractivity contribution in [3.05, 3.63) is 18.0 Å². The lowest BCUT2D eigenvalue weighted by Crippen LogP contribution is -2.27. The van der Waals surface area contributed by atoms with Gasteiger partial charge in [0.2, 0.25) is 10.0 Å². The van der Waals surface area contributed by atoms with E-state index in [2.05, 4.69) is 10.0 Å². The van der Waals surface area contributed by atoms with Gasteiger partial charge in [-0.05, 0) is 20.0 Å². The molecule has 0 aliphatic carbocycles. The van der Waals surface area contributed by atoms with Gasteiger partial charge in [-0.1, -0.05) is 0 Å². The summed E-state index contributed by atoms with van der Waals surface area (Å²) >= 11 is 0. The van der Waals surface area contributed by atoms with Gasteiger partial charge in [-0.25, -0.2) is 13.1 Å². The zero-order valence-electron chi connectivity index (χ0n) is 11.1. The highest BCUT2D eigenvalue weighted by Gasteiger charge is 2.16. The molecule has 0 spiro atoms. The lowest BCUT2D eigenvalue weighted by atomic mass is 10.4. The number of hydrogen-bond donors (Lipinski definition) is 2. The minimum atomic E-state index is -3.44. The largest absolute Gasteiger partial charge is 0.380 e. The van der Waals surface area contributed by atoms with Crippen LogP contribution in [0.15, 0.2) is 17.2 Å². The summed E-state index contributed by atoms with van der Waals surface area (Å²) < 4.78 is 33.3. The number of nitrogens with one attached hydrogen (secondary N) is 2. The third kappa shape index (κ3) is 4.09. The molecular weight excluding hydrogens is 254 g/mol. The molecule has 0 aliphatic rings. The highest BCUT2D eigenvalue weighted by atomic mass is 32.2. The van der Waals surface area contributed by atoms with Crippen molar-refractivity contribution in [2.24, 2.45) is 7.05 Å². The van der Waals surface area contributed by atoms with Gasteiger partial charge in [0, 0.05) is 38.6 Å². The lowest BCUT2D eigenvalue weighted by Gasteiger charge is -2.04. The summed E-state index contributed by atoms with van der Waals surface area (Å²) in [6.07, 6.45) is 1.61. The summed E-state index contributed by atoms with van der Waals surface area (Å²) in [5, 5.41) is 2.99. The van der Waals surface area contributed by atoms with Crippen LogP contribution in [0.4, 0.5) is 0 Å². The Hall–Kier alpha value is -0.890. The van der Waals surface area contributed by atoms with Crippen molar-refractivity contribution in [3.8, 4) is 0 Å². The molecule has 0 aromatic carbocycles. The molecule has 7 heteroatoms. The van der Waals surface area contributed by atoms with Gasteiger partial charge < -0.3 is 14.6 Å². The van der Waals surface area contributed by atoms with Gasteiger partial charge in [-0.15, -0.1) is 0 Å². The van der Waals surface area contributed by atoms with E-state index in [1.807, 2.05) is 21.0 Å². The van der Waals surface area contributed by atoms with Crippen LogP contribution in [0.3, 0.4) is 0 Å². The fraction of sp³-hybridized carbons (Fsp3) is 0.636.